The van der Waals surface area contributed by atoms with Crippen LogP contribution in [0.15, 0.2) is 12.1 Å². The van der Waals surface area contributed by atoms with Crippen LogP contribution in [0, 0.1) is 12.7 Å². The molecule has 0 aliphatic rings. The van der Waals surface area contributed by atoms with Gasteiger partial charge in [-0.05, 0) is 13.0 Å². The number of aromatic nitrogens is 2. The van der Waals surface area contributed by atoms with Crippen LogP contribution >= 0.6 is 0 Å². The first kappa shape index (κ1) is 8.19. The number of hydrogen-bond acceptors (Lipinski definition) is 2. The van der Waals surface area contributed by atoms with E-state index < -0.39 is 0 Å². The van der Waals surface area contributed by atoms with Crippen LogP contribution in [0.1, 0.15) is 11.4 Å². The van der Waals surface area contributed by atoms with Crippen molar-refractivity contribution in [1.82, 2.24) is 9.97 Å². The standard InChI is InChI=1S/C9H10FN3/c1-5-12-8-2-6(4-11)7(10)3-9(8)13-5/h2-3H,4,11H2,1H3,(H,12,13). The number of benzene rings is 1. The van der Waals surface area contributed by atoms with E-state index in [1.807, 2.05) is 6.92 Å². The second-order valence-corrected chi connectivity index (χ2v) is 2.99. The molecule has 0 aliphatic heterocycles. The van der Waals surface area contributed by atoms with Crippen molar-refractivity contribution < 1.29 is 4.39 Å². The first-order chi connectivity index (χ1) is 6.20. The minimum atomic E-state index is -0.290. The number of nitrogens with zero attached hydrogens (tertiary/aromatic N) is 1. The Balaban J connectivity index is 2.72. The summed E-state index contributed by atoms with van der Waals surface area (Å²) in [6.07, 6.45) is 0. The number of hydrogen-bond donors (Lipinski definition) is 2. The molecular weight excluding hydrogens is 169 g/mol. The summed E-state index contributed by atoms with van der Waals surface area (Å²) in [5, 5.41) is 0. The Hall–Kier alpha value is -1.42. The molecule has 1 aromatic carbocycles. The van der Waals surface area contributed by atoms with Gasteiger partial charge in [-0.25, -0.2) is 9.37 Å². The summed E-state index contributed by atoms with van der Waals surface area (Å²) >= 11 is 0. The number of H-pyrrole nitrogens is 1. The first-order valence-electron chi connectivity index (χ1n) is 4.05. The molecule has 2 rings (SSSR count). The second-order valence-electron chi connectivity index (χ2n) is 2.99. The number of nitrogens with one attached hydrogen (secondary N) is 1. The summed E-state index contributed by atoms with van der Waals surface area (Å²) in [5.41, 5.74) is 7.36. The molecule has 1 heterocycles. The van der Waals surface area contributed by atoms with Crippen molar-refractivity contribution >= 4 is 11.0 Å². The van der Waals surface area contributed by atoms with Crippen LogP contribution in [0.4, 0.5) is 4.39 Å². The van der Waals surface area contributed by atoms with E-state index >= 15 is 0 Å². The Bertz CT molecular complexity index is 447. The molecule has 0 fully saturated rings. The van der Waals surface area contributed by atoms with E-state index in [0.29, 0.717) is 11.1 Å². The molecule has 4 heteroatoms. The molecular formula is C9H10FN3. The zero-order chi connectivity index (χ0) is 9.42. The lowest BCUT2D eigenvalue weighted by atomic mass is 10.2. The van der Waals surface area contributed by atoms with Crippen molar-refractivity contribution in [2.45, 2.75) is 13.5 Å². The molecule has 3 N–H and O–H groups in total. The summed E-state index contributed by atoms with van der Waals surface area (Å²) in [4.78, 5) is 7.14. The lowest BCUT2D eigenvalue weighted by molar-refractivity contribution is 0.612. The Morgan fingerprint density at radius 2 is 2.31 bits per heavy atom. The maximum atomic E-state index is 13.2. The van der Waals surface area contributed by atoms with Gasteiger partial charge in [0.05, 0.1) is 11.0 Å². The number of nitrogens with two attached hydrogens (primary N) is 1. The molecule has 0 bridgehead atoms. The molecule has 0 spiro atoms. The van der Waals surface area contributed by atoms with Crippen LogP contribution in [0.5, 0.6) is 0 Å². The van der Waals surface area contributed by atoms with Gasteiger partial charge in [0.2, 0.25) is 0 Å². The second kappa shape index (κ2) is 2.81. The van der Waals surface area contributed by atoms with E-state index in [0.717, 1.165) is 11.3 Å². The third kappa shape index (κ3) is 1.29. The zero-order valence-electron chi connectivity index (χ0n) is 7.26. The van der Waals surface area contributed by atoms with E-state index in [-0.39, 0.29) is 12.4 Å². The van der Waals surface area contributed by atoms with Crippen molar-refractivity contribution in [3.05, 3.63) is 29.3 Å². The first-order valence-corrected chi connectivity index (χ1v) is 4.05. The lowest BCUT2D eigenvalue weighted by Crippen LogP contribution is -1.99. The Labute approximate surface area is 74.8 Å². The van der Waals surface area contributed by atoms with Crippen LogP contribution in [0.2, 0.25) is 0 Å². The highest BCUT2D eigenvalue weighted by Gasteiger charge is 2.05. The van der Waals surface area contributed by atoms with Crippen molar-refractivity contribution in [1.29, 1.82) is 0 Å². The number of aryl methyl sites for hydroxylation is 1. The fourth-order valence-corrected chi connectivity index (χ4v) is 1.36. The summed E-state index contributed by atoms with van der Waals surface area (Å²) < 4.78 is 13.2. The molecule has 0 atom stereocenters. The summed E-state index contributed by atoms with van der Waals surface area (Å²) in [7, 11) is 0. The fraction of sp³-hybridized carbons (Fsp3) is 0.222. The Morgan fingerprint density at radius 3 is 3.00 bits per heavy atom. The van der Waals surface area contributed by atoms with Crippen LogP contribution in [0.3, 0.4) is 0 Å². The smallest absolute Gasteiger partial charge is 0.129 e. The van der Waals surface area contributed by atoms with Gasteiger partial charge >= 0.3 is 0 Å². The van der Waals surface area contributed by atoms with Crippen molar-refractivity contribution in [2.75, 3.05) is 0 Å². The van der Waals surface area contributed by atoms with Crippen molar-refractivity contribution in [3.8, 4) is 0 Å². The van der Waals surface area contributed by atoms with Crippen LogP contribution in [-0.4, -0.2) is 9.97 Å². The highest BCUT2D eigenvalue weighted by Crippen LogP contribution is 2.16. The quantitative estimate of drug-likeness (QED) is 0.696. The molecule has 0 radical (unpaired) electrons. The largest absolute Gasteiger partial charge is 0.342 e. The number of aromatic amines is 1. The average molecular weight is 179 g/mol. The van der Waals surface area contributed by atoms with Gasteiger partial charge in [-0.1, -0.05) is 0 Å². The Morgan fingerprint density at radius 1 is 1.54 bits per heavy atom. The molecule has 68 valence electrons. The molecule has 0 saturated heterocycles. The number of halogens is 1. The third-order valence-electron chi connectivity index (χ3n) is 1.99. The molecule has 0 aliphatic carbocycles. The molecule has 0 amide bonds. The van der Waals surface area contributed by atoms with Crippen LogP contribution < -0.4 is 5.73 Å². The van der Waals surface area contributed by atoms with Gasteiger partial charge in [-0.2, -0.15) is 0 Å². The van der Waals surface area contributed by atoms with Gasteiger partial charge in [0, 0.05) is 18.2 Å². The molecule has 2 aromatic rings. The molecule has 0 saturated carbocycles. The minimum Gasteiger partial charge on any atom is -0.342 e. The predicted octanol–water partition coefficient (Wildman–Crippen LogP) is 1.47. The highest BCUT2D eigenvalue weighted by molar-refractivity contribution is 5.76. The predicted molar refractivity (Wildman–Crippen MR) is 48.7 cm³/mol. The average Bonchev–Trinajstić information content (AvgIpc) is 2.42. The Kier molecular flexibility index (Phi) is 1.77. The van der Waals surface area contributed by atoms with Crippen molar-refractivity contribution in [2.24, 2.45) is 5.73 Å². The molecule has 3 nitrogen and oxygen atoms in total. The van der Waals surface area contributed by atoms with E-state index in [1.165, 1.54) is 6.07 Å². The van der Waals surface area contributed by atoms with Gasteiger partial charge in [-0.3, -0.25) is 0 Å². The third-order valence-corrected chi connectivity index (χ3v) is 1.99. The van der Waals surface area contributed by atoms with Gasteiger partial charge in [-0.15, -0.1) is 0 Å². The SMILES string of the molecule is Cc1nc2cc(F)c(CN)cc2[nH]1. The highest BCUT2D eigenvalue weighted by atomic mass is 19.1. The van der Waals surface area contributed by atoms with Crippen LogP contribution in [0.25, 0.3) is 11.0 Å². The lowest BCUT2D eigenvalue weighted by Gasteiger charge is -1.97. The van der Waals surface area contributed by atoms with E-state index in [2.05, 4.69) is 9.97 Å². The molecule has 13 heavy (non-hydrogen) atoms. The van der Waals surface area contributed by atoms with Gasteiger partial charge in [0.15, 0.2) is 0 Å². The number of rotatable bonds is 1. The van der Waals surface area contributed by atoms with E-state index in [9.17, 15) is 4.39 Å². The normalized spacial score (nSPS) is 11.0. The van der Waals surface area contributed by atoms with Gasteiger partial charge in [0.1, 0.15) is 11.6 Å². The summed E-state index contributed by atoms with van der Waals surface area (Å²) in [5.74, 6) is 0.491. The summed E-state index contributed by atoms with van der Waals surface area (Å²) in [6, 6.07) is 3.10. The van der Waals surface area contributed by atoms with E-state index in [4.69, 9.17) is 5.73 Å². The topological polar surface area (TPSA) is 54.7 Å². The zero-order valence-corrected chi connectivity index (χ0v) is 7.26. The van der Waals surface area contributed by atoms with Gasteiger partial charge < -0.3 is 10.7 Å². The number of fused-ring (bicyclic) bond motifs is 1. The fourth-order valence-electron chi connectivity index (χ4n) is 1.36. The minimum absolute atomic E-state index is 0.208. The van der Waals surface area contributed by atoms with Crippen molar-refractivity contribution in [3.63, 3.8) is 0 Å². The van der Waals surface area contributed by atoms with E-state index in [1.54, 1.807) is 6.07 Å². The van der Waals surface area contributed by atoms with Crippen LogP contribution in [-0.2, 0) is 6.54 Å². The molecule has 1 aromatic heterocycles. The number of imidazole rings is 1. The monoisotopic (exact) mass is 179 g/mol. The van der Waals surface area contributed by atoms with Gasteiger partial charge in [0.25, 0.3) is 0 Å². The summed E-state index contributed by atoms with van der Waals surface area (Å²) in [6.45, 7) is 2.04. The molecule has 0 unspecified atom stereocenters. The maximum absolute atomic E-state index is 13.2. The maximum Gasteiger partial charge on any atom is 0.129 e.